The second kappa shape index (κ2) is 4.96. The smallest absolute Gasteiger partial charge is 0.209 e. The van der Waals surface area contributed by atoms with Crippen LogP contribution in [0.5, 0.6) is 0 Å². The molecule has 0 aromatic carbocycles. The average Bonchev–Trinajstić information content (AvgIpc) is 2.66. The first-order valence-electron chi connectivity index (χ1n) is 5.72. The number of hydrogen-bond acceptors (Lipinski definition) is 4. The number of tetrazole rings is 1. The highest BCUT2D eigenvalue weighted by molar-refractivity contribution is 7.99. The topological polar surface area (TPSA) is 43.6 Å². The lowest BCUT2D eigenvalue weighted by Gasteiger charge is -2.22. The molecular formula is C10H18N4S. The third-order valence-corrected chi connectivity index (χ3v) is 3.68. The van der Waals surface area contributed by atoms with E-state index < -0.39 is 0 Å². The quantitative estimate of drug-likeness (QED) is 0.743. The molecule has 84 valence electrons. The van der Waals surface area contributed by atoms with Crippen molar-refractivity contribution in [1.29, 1.82) is 0 Å². The van der Waals surface area contributed by atoms with Crippen LogP contribution in [0.25, 0.3) is 0 Å². The molecule has 0 aliphatic heterocycles. The molecule has 1 aromatic rings. The van der Waals surface area contributed by atoms with Crippen molar-refractivity contribution in [2.24, 2.45) is 0 Å². The summed E-state index contributed by atoms with van der Waals surface area (Å²) >= 11 is 1.75. The molecule has 0 spiro atoms. The molecule has 2 rings (SSSR count). The minimum absolute atomic E-state index is 0.537. The van der Waals surface area contributed by atoms with Gasteiger partial charge in [0.25, 0.3) is 0 Å². The zero-order valence-electron chi connectivity index (χ0n) is 9.39. The summed E-state index contributed by atoms with van der Waals surface area (Å²) < 4.78 is 2.03. The number of rotatable bonds is 3. The van der Waals surface area contributed by atoms with Crippen LogP contribution >= 0.6 is 11.8 Å². The molecule has 0 N–H and O–H groups in total. The summed E-state index contributed by atoms with van der Waals surface area (Å²) in [6.45, 7) is 4.34. The van der Waals surface area contributed by atoms with Gasteiger partial charge in [-0.05, 0) is 23.3 Å². The van der Waals surface area contributed by atoms with E-state index in [-0.39, 0.29) is 0 Å². The molecule has 1 heterocycles. The highest BCUT2D eigenvalue weighted by atomic mass is 32.2. The van der Waals surface area contributed by atoms with Gasteiger partial charge in [-0.2, -0.15) is 0 Å². The number of thioether (sulfide) groups is 1. The number of aromatic nitrogens is 4. The van der Waals surface area contributed by atoms with Crippen molar-refractivity contribution in [3.63, 3.8) is 0 Å². The van der Waals surface area contributed by atoms with Gasteiger partial charge in [-0.15, -0.1) is 5.10 Å². The predicted octanol–water partition coefficient (Wildman–Crippen LogP) is 2.68. The second-order valence-electron chi connectivity index (χ2n) is 4.36. The second-order valence-corrected chi connectivity index (χ2v) is 5.91. The molecular weight excluding hydrogens is 208 g/mol. The fourth-order valence-corrected chi connectivity index (χ4v) is 2.83. The fraction of sp³-hybridized carbons (Fsp3) is 0.900. The predicted molar refractivity (Wildman–Crippen MR) is 60.9 cm³/mol. The molecule has 0 saturated heterocycles. The van der Waals surface area contributed by atoms with E-state index in [1.807, 2.05) is 4.68 Å². The Morgan fingerprint density at radius 2 is 2.00 bits per heavy atom. The first-order valence-corrected chi connectivity index (χ1v) is 6.60. The third kappa shape index (κ3) is 2.71. The van der Waals surface area contributed by atoms with Crippen LogP contribution in [0.4, 0.5) is 0 Å². The van der Waals surface area contributed by atoms with Crippen LogP contribution in [0.2, 0.25) is 0 Å². The summed E-state index contributed by atoms with van der Waals surface area (Å²) in [7, 11) is 0. The molecule has 15 heavy (non-hydrogen) atoms. The van der Waals surface area contributed by atoms with Crippen LogP contribution in [0.3, 0.4) is 0 Å². The van der Waals surface area contributed by atoms with Gasteiger partial charge in [-0.1, -0.05) is 44.9 Å². The summed E-state index contributed by atoms with van der Waals surface area (Å²) in [4.78, 5) is 0. The van der Waals surface area contributed by atoms with Gasteiger partial charge in [0.2, 0.25) is 5.16 Å². The lowest BCUT2D eigenvalue weighted by molar-refractivity contribution is 0.307. The minimum atomic E-state index is 0.537. The van der Waals surface area contributed by atoms with Crippen molar-refractivity contribution < 1.29 is 0 Å². The summed E-state index contributed by atoms with van der Waals surface area (Å²) in [6.07, 6.45) is 6.46. The van der Waals surface area contributed by atoms with Crippen LogP contribution in [0, 0.1) is 0 Å². The van der Waals surface area contributed by atoms with Crippen LogP contribution < -0.4 is 0 Å². The van der Waals surface area contributed by atoms with Gasteiger partial charge in [0.05, 0.1) is 6.04 Å². The van der Waals surface area contributed by atoms with Gasteiger partial charge in [0.15, 0.2) is 0 Å². The van der Waals surface area contributed by atoms with E-state index in [1.54, 1.807) is 11.8 Å². The maximum atomic E-state index is 4.13. The van der Waals surface area contributed by atoms with E-state index >= 15 is 0 Å². The highest BCUT2D eigenvalue weighted by Gasteiger charge is 2.20. The summed E-state index contributed by atoms with van der Waals surface area (Å²) in [5.74, 6) is 0. The normalized spacial score (nSPS) is 18.6. The van der Waals surface area contributed by atoms with Crippen LogP contribution in [0.1, 0.15) is 52.0 Å². The van der Waals surface area contributed by atoms with Crippen molar-refractivity contribution in [2.75, 3.05) is 0 Å². The maximum Gasteiger partial charge on any atom is 0.209 e. The van der Waals surface area contributed by atoms with E-state index in [0.717, 1.165) is 5.16 Å². The average molecular weight is 226 g/mol. The lowest BCUT2D eigenvalue weighted by atomic mass is 9.96. The molecule has 4 nitrogen and oxygen atoms in total. The van der Waals surface area contributed by atoms with E-state index in [1.165, 1.54) is 32.1 Å². The van der Waals surface area contributed by atoms with Gasteiger partial charge in [0, 0.05) is 5.25 Å². The largest absolute Gasteiger partial charge is 0.217 e. The summed E-state index contributed by atoms with van der Waals surface area (Å²) in [5.41, 5.74) is 0. The molecule has 0 radical (unpaired) electrons. The van der Waals surface area contributed by atoms with Crippen molar-refractivity contribution >= 4 is 11.8 Å². The van der Waals surface area contributed by atoms with Gasteiger partial charge in [-0.3, -0.25) is 0 Å². The van der Waals surface area contributed by atoms with Gasteiger partial charge < -0.3 is 0 Å². The molecule has 0 bridgehead atoms. The van der Waals surface area contributed by atoms with E-state index in [2.05, 4.69) is 29.4 Å². The summed E-state index contributed by atoms with van der Waals surface area (Å²) in [5, 5.41) is 13.5. The molecule has 0 amide bonds. The van der Waals surface area contributed by atoms with E-state index in [9.17, 15) is 0 Å². The van der Waals surface area contributed by atoms with Crippen LogP contribution in [0.15, 0.2) is 5.16 Å². The molecule has 5 heteroatoms. The van der Waals surface area contributed by atoms with Gasteiger partial charge >= 0.3 is 0 Å². The fourth-order valence-electron chi connectivity index (χ4n) is 2.03. The lowest BCUT2D eigenvalue weighted by Crippen LogP contribution is -2.15. The molecule has 1 aliphatic carbocycles. The first-order chi connectivity index (χ1) is 7.27. The molecule has 1 aromatic heterocycles. The van der Waals surface area contributed by atoms with Crippen molar-refractivity contribution in [3.8, 4) is 0 Å². The Morgan fingerprint density at radius 1 is 1.27 bits per heavy atom. The SMILES string of the molecule is CC(C)Sc1nnnn1C1CCCCC1. The Labute approximate surface area is 94.8 Å². The standard InChI is InChI=1S/C10H18N4S/c1-8(2)15-10-11-12-13-14(10)9-6-4-3-5-7-9/h8-9H,3-7H2,1-2H3. The number of hydrogen-bond donors (Lipinski definition) is 0. The monoisotopic (exact) mass is 226 g/mol. The minimum Gasteiger partial charge on any atom is -0.217 e. The Morgan fingerprint density at radius 3 is 2.67 bits per heavy atom. The molecule has 0 unspecified atom stereocenters. The van der Waals surface area contributed by atoms with Crippen LogP contribution in [-0.2, 0) is 0 Å². The van der Waals surface area contributed by atoms with Crippen molar-refractivity contribution in [1.82, 2.24) is 20.2 Å². The number of nitrogens with zero attached hydrogens (tertiary/aromatic N) is 4. The molecule has 1 aliphatic rings. The molecule has 0 atom stereocenters. The Balaban J connectivity index is 2.09. The molecule has 1 fully saturated rings. The molecule has 1 saturated carbocycles. The zero-order valence-corrected chi connectivity index (χ0v) is 10.2. The van der Waals surface area contributed by atoms with Crippen LogP contribution in [-0.4, -0.2) is 25.5 Å². The van der Waals surface area contributed by atoms with Gasteiger partial charge in [0.1, 0.15) is 0 Å². The Bertz CT molecular complexity index is 304. The Hall–Kier alpha value is -0.580. The highest BCUT2D eigenvalue weighted by Crippen LogP contribution is 2.31. The first kappa shape index (κ1) is 10.9. The Kier molecular flexibility index (Phi) is 3.61. The maximum absolute atomic E-state index is 4.13. The summed E-state index contributed by atoms with van der Waals surface area (Å²) in [6, 6.07) is 0.537. The van der Waals surface area contributed by atoms with Gasteiger partial charge in [-0.25, -0.2) is 4.68 Å². The van der Waals surface area contributed by atoms with E-state index in [0.29, 0.717) is 11.3 Å². The third-order valence-electron chi connectivity index (χ3n) is 2.72. The zero-order chi connectivity index (χ0) is 10.7. The van der Waals surface area contributed by atoms with Crippen molar-refractivity contribution in [2.45, 2.75) is 62.4 Å². The van der Waals surface area contributed by atoms with Crippen molar-refractivity contribution in [3.05, 3.63) is 0 Å². The van der Waals surface area contributed by atoms with E-state index in [4.69, 9.17) is 0 Å².